The number of thioether (sulfide) groups is 1. The molecule has 132 valence electrons. The van der Waals surface area contributed by atoms with Crippen molar-refractivity contribution in [1.29, 1.82) is 0 Å². The van der Waals surface area contributed by atoms with Crippen LogP contribution in [-0.2, 0) is 9.53 Å². The van der Waals surface area contributed by atoms with Crippen molar-refractivity contribution in [3.63, 3.8) is 0 Å². The third-order valence-electron chi connectivity index (χ3n) is 3.06. The van der Waals surface area contributed by atoms with Crippen LogP contribution in [0.15, 0.2) is 18.2 Å². The first-order valence-corrected chi connectivity index (χ1v) is 9.08. The molecule has 0 aromatic heterocycles. The summed E-state index contributed by atoms with van der Waals surface area (Å²) >= 11 is 7.48. The Morgan fingerprint density at radius 1 is 1.46 bits per heavy atom. The number of benzene rings is 1. The summed E-state index contributed by atoms with van der Waals surface area (Å²) in [5, 5.41) is 13.2. The maximum atomic E-state index is 12.3. The predicted molar refractivity (Wildman–Crippen MR) is 93.6 cm³/mol. The highest BCUT2D eigenvalue weighted by Crippen LogP contribution is 2.22. The van der Waals surface area contributed by atoms with Crippen LogP contribution in [0.25, 0.3) is 0 Å². The second-order valence-electron chi connectivity index (χ2n) is 4.90. The summed E-state index contributed by atoms with van der Waals surface area (Å²) in [6.45, 7) is 2.15. The Morgan fingerprint density at radius 3 is 2.71 bits per heavy atom. The number of rotatable bonds is 9. The van der Waals surface area contributed by atoms with E-state index in [1.165, 1.54) is 12.1 Å². The molecule has 1 unspecified atom stereocenters. The maximum Gasteiger partial charge on any atom is 0.328 e. The standard InChI is InChI=1S/C15H19ClN2O5S/c1-3-7-23-15(20)13(6-8-24-2)17-14(19)11-5-4-10(18(21)22)9-12(11)16/h4-5,9,13H,3,6-8H2,1-2H3,(H,17,19). The molecule has 0 bridgehead atoms. The van der Waals surface area contributed by atoms with Crippen LogP contribution in [0.4, 0.5) is 5.69 Å². The topological polar surface area (TPSA) is 98.5 Å². The van der Waals surface area contributed by atoms with Gasteiger partial charge in [-0.1, -0.05) is 18.5 Å². The highest BCUT2D eigenvalue weighted by Gasteiger charge is 2.24. The lowest BCUT2D eigenvalue weighted by atomic mass is 10.1. The van der Waals surface area contributed by atoms with E-state index < -0.39 is 22.8 Å². The molecular formula is C15H19ClN2O5S. The van der Waals surface area contributed by atoms with Gasteiger partial charge in [0.1, 0.15) is 6.04 Å². The smallest absolute Gasteiger partial charge is 0.328 e. The van der Waals surface area contributed by atoms with Crippen molar-refractivity contribution >= 4 is 40.9 Å². The van der Waals surface area contributed by atoms with Crippen molar-refractivity contribution in [3.05, 3.63) is 38.9 Å². The van der Waals surface area contributed by atoms with Gasteiger partial charge in [0.05, 0.1) is 22.1 Å². The zero-order valence-corrected chi connectivity index (χ0v) is 15.0. The van der Waals surface area contributed by atoms with Gasteiger partial charge in [-0.05, 0) is 30.9 Å². The Bertz CT molecular complexity index is 612. The zero-order valence-electron chi connectivity index (χ0n) is 13.4. The van der Waals surface area contributed by atoms with E-state index in [0.717, 1.165) is 6.07 Å². The zero-order chi connectivity index (χ0) is 18.1. The number of ether oxygens (including phenoxy) is 1. The summed E-state index contributed by atoms with van der Waals surface area (Å²) in [6.07, 6.45) is 2.99. The molecule has 0 radical (unpaired) electrons. The first kappa shape index (κ1) is 20.2. The van der Waals surface area contributed by atoms with Gasteiger partial charge in [-0.2, -0.15) is 11.8 Å². The SMILES string of the molecule is CCCOC(=O)C(CCSC)NC(=O)c1ccc([N+](=O)[O-])cc1Cl. The number of nitrogens with one attached hydrogen (secondary N) is 1. The number of hydrogen-bond acceptors (Lipinski definition) is 6. The van der Waals surface area contributed by atoms with Crippen LogP contribution in [0.1, 0.15) is 30.1 Å². The van der Waals surface area contributed by atoms with Gasteiger partial charge in [0.2, 0.25) is 0 Å². The number of nitro groups is 1. The number of halogens is 1. The lowest BCUT2D eigenvalue weighted by Gasteiger charge is -2.17. The van der Waals surface area contributed by atoms with Gasteiger partial charge >= 0.3 is 5.97 Å². The molecule has 1 amide bonds. The van der Waals surface area contributed by atoms with Crippen LogP contribution in [0, 0.1) is 10.1 Å². The Kier molecular flexibility index (Phi) is 8.56. The molecule has 0 heterocycles. The van der Waals surface area contributed by atoms with Crippen LogP contribution >= 0.6 is 23.4 Å². The third kappa shape index (κ3) is 6.01. The molecule has 7 nitrogen and oxygen atoms in total. The lowest BCUT2D eigenvalue weighted by Crippen LogP contribution is -2.42. The third-order valence-corrected chi connectivity index (χ3v) is 4.01. The average Bonchev–Trinajstić information content (AvgIpc) is 2.55. The number of esters is 1. The molecular weight excluding hydrogens is 356 g/mol. The van der Waals surface area contributed by atoms with Crippen LogP contribution in [0.2, 0.25) is 5.02 Å². The molecule has 1 atom stereocenters. The molecule has 0 spiro atoms. The van der Waals surface area contributed by atoms with Crippen molar-refractivity contribution in [2.75, 3.05) is 18.6 Å². The first-order chi connectivity index (χ1) is 11.4. The van der Waals surface area contributed by atoms with E-state index in [0.29, 0.717) is 18.6 Å². The van der Waals surface area contributed by atoms with E-state index in [2.05, 4.69) is 5.32 Å². The van der Waals surface area contributed by atoms with Gasteiger partial charge in [0.15, 0.2) is 0 Å². The number of nitrogens with zero attached hydrogens (tertiary/aromatic N) is 1. The van der Waals surface area contributed by atoms with E-state index in [9.17, 15) is 19.7 Å². The van der Waals surface area contributed by atoms with Gasteiger partial charge in [-0.3, -0.25) is 14.9 Å². The number of amides is 1. The number of nitro benzene ring substituents is 1. The summed E-state index contributed by atoms with van der Waals surface area (Å²) in [7, 11) is 0. The summed E-state index contributed by atoms with van der Waals surface area (Å²) < 4.78 is 5.08. The Morgan fingerprint density at radius 2 is 2.17 bits per heavy atom. The fraction of sp³-hybridized carbons (Fsp3) is 0.467. The number of hydrogen-bond donors (Lipinski definition) is 1. The summed E-state index contributed by atoms with van der Waals surface area (Å²) in [6, 6.07) is 2.76. The molecule has 0 aliphatic heterocycles. The van der Waals surface area contributed by atoms with Crippen LogP contribution in [0.5, 0.6) is 0 Å². The molecule has 1 aromatic rings. The Labute approximate surface area is 149 Å². The van der Waals surface area contributed by atoms with Crippen molar-refractivity contribution < 1.29 is 19.2 Å². The number of carbonyl (C=O) groups excluding carboxylic acids is 2. The van der Waals surface area contributed by atoms with Gasteiger partial charge < -0.3 is 10.1 Å². The number of carbonyl (C=O) groups is 2. The lowest BCUT2D eigenvalue weighted by molar-refractivity contribution is -0.384. The van der Waals surface area contributed by atoms with E-state index >= 15 is 0 Å². The van der Waals surface area contributed by atoms with E-state index in [-0.39, 0.29) is 22.9 Å². The average molecular weight is 375 g/mol. The Balaban J connectivity index is 2.86. The quantitative estimate of drug-likeness (QED) is 0.405. The van der Waals surface area contributed by atoms with Gasteiger partial charge in [-0.15, -0.1) is 0 Å². The van der Waals surface area contributed by atoms with Crippen LogP contribution in [-0.4, -0.2) is 41.5 Å². The van der Waals surface area contributed by atoms with Crippen molar-refractivity contribution in [2.45, 2.75) is 25.8 Å². The summed E-state index contributed by atoms with van der Waals surface area (Å²) in [4.78, 5) is 34.5. The van der Waals surface area contributed by atoms with Crippen molar-refractivity contribution in [3.8, 4) is 0 Å². The highest BCUT2D eigenvalue weighted by atomic mass is 35.5. The van der Waals surface area contributed by atoms with Crippen molar-refractivity contribution in [2.24, 2.45) is 0 Å². The minimum absolute atomic E-state index is 0.0488. The second-order valence-corrected chi connectivity index (χ2v) is 6.29. The molecule has 1 aromatic carbocycles. The highest BCUT2D eigenvalue weighted by molar-refractivity contribution is 7.98. The maximum absolute atomic E-state index is 12.3. The minimum atomic E-state index is -0.789. The number of non-ortho nitro benzene ring substituents is 1. The molecule has 0 aliphatic rings. The molecule has 9 heteroatoms. The second kappa shape index (κ2) is 10.1. The van der Waals surface area contributed by atoms with Crippen LogP contribution < -0.4 is 5.32 Å². The van der Waals surface area contributed by atoms with Crippen LogP contribution in [0.3, 0.4) is 0 Å². The molecule has 0 aliphatic carbocycles. The molecule has 0 saturated carbocycles. The molecule has 1 rings (SSSR count). The normalized spacial score (nSPS) is 11.6. The van der Waals surface area contributed by atoms with Gasteiger partial charge in [0.25, 0.3) is 11.6 Å². The fourth-order valence-corrected chi connectivity index (χ4v) is 2.56. The summed E-state index contributed by atoms with van der Waals surface area (Å²) in [5.41, 5.74) is -0.141. The minimum Gasteiger partial charge on any atom is -0.464 e. The van der Waals surface area contributed by atoms with Gasteiger partial charge in [-0.25, -0.2) is 4.79 Å². The first-order valence-electron chi connectivity index (χ1n) is 7.31. The molecule has 0 saturated heterocycles. The summed E-state index contributed by atoms with van der Waals surface area (Å²) in [5.74, 6) is -0.410. The van der Waals surface area contributed by atoms with E-state index in [1.54, 1.807) is 11.8 Å². The Hall–Kier alpha value is -1.80. The van der Waals surface area contributed by atoms with E-state index in [1.807, 2.05) is 13.2 Å². The largest absolute Gasteiger partial charge is 0.464 e. The molecule has 1 N–H and O–H groups in total. The molecule has 24 heavy (non-hydrogen) atoms. The monoisotopic (exact) mass is 374 g/mol. The fourth-order valence-electron chi connectivity index (χ4n) is 1.83. The predicted octanol–water partition coefficient (Wildman–Crippen LogP) is 3.05. The van der Waals surface area contributed by atoms with Gasteiger partial charge in [0, 0.05) is 12.1 Å². The van der Waals surface area contributed by atoms with Crippen molar-refractivity contribution in [1.82, 2.24) is 5.32 Å². The molecule has 0 fully saturated rings. The van der Waals surface area contributed by atoms with E-state index in [4.69, 9.17) is 16.3 Å².